The van der Waals surface area contributed by atoms with Crippen LogP contribution in [0.15, 0.2) is 181 Å². The summed E-state index contributed by atoms with van der Waals surface area (Å²) in [4.78, 5) is 50.6. The Bertz CT molecular complexity index is 5570. The van der Waals surface area contributed by atoms with Crippen LogP contribution < -0.4 is 75.1 Å². The minimum absolute atomic E-state index is 0.0238. The number of hydrogen-bond acceptors (Lipinski definition) is 29. The number of phenolic OH excluding ortho intramolecular Hbond substituents is 4. The van der Waals surface area contributed by atoms with Gasteiger partial charge >= 0.3 is 0 Å². The van der Waals surface area contributed by atoms with Gasteiger partial charge in [0, 0.05) is 58.3 Å². The number of rotatable bonds is 30. The second kappa shape index (κ2) is 42.0. The molecule has 0 aromatic heterocycles. The van der Waals surface area contributed by atoms with Gasteiger partial charge in [-0.2, -0.15) is 10.2 Å². The molecule has 49 heteroatoms. The molecule has 0 spiro atoms. The van der Waals surface area contributed by atoms with Crippen molar-refractivity contribution in [2.75, 3.05) is 58.2 Å². The average Bonchev–Trinajstić information content (AvgIpc) is 0.807. The fraction of sp³-hybridized carbons (Fsp3) is 0.114. The van der Waals surface area contributed by atoms with Gasteiger partial charge in [0.1, 0.15) is 72.4 Å². The molecule has 0 aliphatic rings. The number of ether oxygens (including phenoxy) is 1. The summed E-state index contributed by atoms with van der Waals surface area (Å²) in [6.45, 7) is 3.84. The van der Waals surface area contributed by atoms with Crippen molar-refractivity contribution in [1.29, 1.82) is 0 Å². The van der Waals surface area contributed by atoms with Gasteiger partial charge in [-0.05, 0) is 234 Å². The van der Waals surface area contributed by atoms with E-state index in [1.54, 1.807) is 48.5 Å². The Morgan fingerprint density at radius 2 is 0.672 bits per heavy atom. The van der Waals surface area contributed by atoms with Crippen molar-refractivity contribution in [2.24, 2.45) is 10.2 Å². The molecule has 628 valence electrons. The van der Waals surface area contributed by atoms with Crippen LogP contribution in [-0.4, -0.2) is 167 Å². The molecule has 0 fully saturated rings. The third-order valence-corrected chi connectivity index (χ3v) is 22.8. The summed E-state index contributed by atoms with van der Waals surface area (Å²) < 4.78 is 157. The minimum atomic E-state index is -5.29. The average molecular weight is 2040 g/mol. The minimum Gasteiger partial charge on any atom is -0.744 e. The number of nitrogens with one attached hydrogen (secondary N) is 14. The maximum atomic E-state index is 13.5. The van der Waals surface area contributed by atoms with E-state index in [0.717, 1.165) is 84.3 Å². The summed E-state index contributed by atoms with van der Waals surface area (Å²) in [6.07, 6.45) is 6.36. The van der Waals surface area contributed by atoms with E-state index in [0.29, 0.717) is 11.4 Å². The summed E-state index contributed by atoms with van der Waals surface area (Å²) in [7, 11) is -21.1. The lowest BCUT2D eigenvalue weighted by Crippen LogP contribution is -2.54. The first-order valence-electron chi connectivity index (χ1n) is 33.2. The fourth-order valence-electron chi connectivity index (χ4n) is 9.88. The molecule has 37 nitrogen and oxygen atoms in total. The maximum Gasteiger partial charge on any atom is 0.272 e. The van der Waals surface area contributed by atoms with Gasteiger partial charge in [0.2, 0.25) is 0 Å². The van der Waals surface area contributed by atoms with Crippen LogP contribution in [0.25, 0.3) is 24.3 Å². The van der Waals surface area contributed by atoms with Crippen LogP contribution in [0.3, 0.4) is 0 Å². The van der Waals surface area contributed by atoms with E-state index < -0.39 is 107 Å². The lowest BCUT2D eigenvalue weighted by atomic mass is 10.1. The first-order valence-corrected chi connectivity index (χ1v) is 43.7. The maximum absolute atomic E-state index is 13.5. The topological polar surface area (TPSA) is 580 Å². The van der Waals surface area contributed by atoms with Crippen LogP contribution in [-0.2, 0) is 64.4 Å². The van der Waals surface area contributed by atoms with Gasteiger partial charge in [0.05, 0.1) is 54.2 Å². The van der Waals surface area contributed by atoms with E-state index in [-0.39, 0.29) is 132 Å². The van der Waals surface area contributed by atoms with E-state index in [2.05, 4.69) is 149 Å². The number of halogens is 4. The Morgan fingerprint density at radius 1 is 0.395 bits per heavy atom. The second-order valence-electron chi connectivity index (χ2n) is 24.3. The molecule has 0 saturated heterocycles. The first-order chi connectivity index (χ1) is 55.9. The van der Waals surface area contributed by atoms with Gasteiger partial charge in [-0.1, -0.05) is 84.0 Å². The monoisotopic (exact) mass is 2030 g/mol. The van der Waals surface area contributed by atoms with E-state index in [9.17, 15) is 91.5 Å². The van der Waals surface area contributed by atoms with Crippen molar-refractivity contribution in [2.45, 2.75) is 45.5 Å². The van der Waals surface area contributed by atoms with Crippen LogP contribution in [0.4, 0.5) is 34.1 Å². The molecule has 0 aliphatic heterocycles. The predicted octanol–water partition coefficient (Wildman–Crippen LogP) is 7.32. The van der Waals surface area contributed by atoms with E-state index >= 15 is 0 Å². The van der Waals surface area contributed by atoms with Crippen molar-refractivity contribution in [1.82, 2.24) is 43.2 Å². The first kappa shape index (κ1) is 94.0. The molecule has 0 radical (unpaired) electrons. The van der Waals surface area contributed by atoms with Crippen molar-refractivity contribution in [3.8, 4) is 23.0 Å². The number of amides is 4. The predicted molar refractivity (Wildman–Crippen MR) is 469 cm³/mol. The number of aryl methyl sites for hydroxylation is 2. The molecule has 0 heterocycles. The number of phenols is 4. The Morgan fingerprint density at radius 3 is 0.958 bits per heavy atom. The number of hydrogen-bond donors (Lipinski definition) is 18. The van der Waals surface area contributed by atoms with Gasteiger partial charge in [-0.25, -0.2) is 44.5 Å². The lowest BCUT2D eigenvalue weighted by Gasteiger charge is -2.19. The summed E-state index contributed by atoms with van der Waals surface area (Å²) in [5.41, 5.74) is 15.0. The SMILES string of the molecule is Cc1ccc(NC(C(=O)N/N=C/c2cc(Br)c(O)c(Br)c2O)C(=O)NNC(=S)Nc2ccc(/C=C/c3ccc(NC(=S)NCCOCCNC(=S)Nc4ccc(/C=C/c5ccc(NC(=S)NNC(=O)C(Nc6ccc(C)cc6)C(=O)N/N=C/c6cc(Br)c(O)c(Br)c6O)cc5S(=O)(=O)[O-])c(S(=O)(=O)[O-])c4)cc3S(=O)(=O)[O-])c(S(=O)(=O)[O-])c2)cc1. The molecule has 0 saturated carbocycles. The zero-order chi connectivity index (χ0) is 87.4. The number of aromatic hydroxyl groups is 4. The molecule has 0 bridgehead atoms. The molecule has 8 rings (SSSR count). The summed E-state index contributed by atoms with van der Waals surface area (Å²) >= 11 is 33.6. The van der Waals surface area contributed by atoms with Gasteiger partial charge < -0.3 is 85.9 Å². The number of carbonyl (C=O) groups is 4. The highest BCUT2D eigenvalue weighted by Gasteiger charge is 2.30. The Kier molecular flexibility index (Phi) is 33.2. The van der Waals surface area contributed by atoms with Gasteiger partial charge in [-0.15, -0.1) is 0 Å². The van der Waals surface area contributed by atoms with Gasteiger partial charge in [-0.3, -0.25) is 40.9 Å². The number of nitrogens with zero attached hydrogens (tertiary/aromatic N) is 2. The Hall–Kier alpha value is -10.5. The third kappa shape index (κ3) is 27.8. The molecule has 2 atom stereocenters. The van der Waals surface area contributed by atoms with Crippen LogP contribution in [0.5, 0.6) is 23.0 Å². The van der Waals surface area contributed by atoms with E-state index in [1.165, 1.54) is 48.5 Å². The van der Waals surface area contributed by atoms with Crippen LogP contribution in [0.2, 0.25) is 0 Å². The number of hydrazine groups is 2. The highest BCUT2D eigenvalue weighted by Crippen LogP contribution is 2.42. The van der Waals surface area contributed by atoms with Gasteiger partial charge in [0.15, 0.2) is 32.5 Å². The zero-order valence-corrected chi connectivity index (χ0v) is 73.4. The summed E-state index contributed by atoms with van der Waals surface area (Å²) in [6, 6.07) is 26.0. The van der Waals surface area contributed by atoms with Crippen LogP contribution >= 0.6 is 113 Å². The molecule has 119 heavy (non-hydrogen) atoms. The van der Waals surface area contributed by atoms with Gasteiger partial charge in [0.25, 0.3) is 23.6 Å². The molecular weight excluding hydrogens is 1980 g/mol. The van der Waals surface area contributed by atoms with E-state index in [1.807, 2.05) is 13.8 Å². The largest absolute Gasteiger partial charge is 0.744 e. The summed E-state index contributed by atoms with van der Waals surface area (Å²) in [5.74, 6) is -5.46. The van der Waals surface area contributed by atoms with E-state index in [4.69, 9.17) is 53.6 Å². The molecule has 2 unspecified atom stereocenters. The molecule has 4 amide bonds. The number of hydrazone groups is 2. The molecule has 8 aromatic rings. The lowest BCUT2D eigenvalue weighted by molar-refractivity contribution is -0.132. The Labute approximate surface area is 733 Å². The molecule has 8 aromatic carbocycles. The van der Waals surface area contributed by atoms with Crippen molar-refractivity contribution in [3.63, 3.8) is 0 Å². The summed E-state index contributed by atoms with van der Waals surface area (Å²) in [5, 5.41) is 69.5. The van der Waals surface area contributed by atoms with Crippen molar-refractivity contribution >= 4 is 268 Å². The van der Waals surface area contributed by atoms with Crippen molar-refractivity contribution in [3.05, 3.63) is 196 Å². The number of thiocarbonyl (C=S) groups is 4. The third-order valence-electron chi connectivity index (χ3n) is 15.6. The highest BCUT2D eigenvalue weighted by atomic mass is 79.9. The van der Waals surface area contributed by atoms with Crippen LogP contribution in [0.1, 0.15) is 44.5 Å². The Balaban J connectivity index is 0.793. The number of carbonyl (C=O) groups excluding carboxylic acids is 4. The van der Waals surface area contributed by atoms with Crippen LogP contribution in [0, 0.1) is 13.8 Å². The van der Waals surface area contributed by atoms with Crippen molar-refractivity contribution < 1.29 is 96.2 Å². The fourth-order valence-corrected chi connectivity index (χ4v) is 15.7. The highest BCUT2D eigenvalue weighted by molar-refractivity contribution is 9.11. The molecule has 18 N–H and O–H groups in total. The zero-order valence-electron chi connectivity index (χ0n) is 60.6. The molecule has 0 aliphatic carbocycles. The smallest absolute Gasteiger partial charge is 0.272 e. The number of anilines is 6. The number of benzene rings is 8. The molecular formula is C70H62Br4N16O21S8-4. The standard InChI is InChI=1S/C70H66Br4N16O21S8/c1-35-3-15-43(16-4-35)79-57(63(95)85-77-33-41-27-49(71)61(93)55(73)59(41)91)65(97)87-89-69(114)83-47-21-13-39(53(31-47)118(105,106)107)9-7-37-11-19-45(29-51(37)116(99,100)101)81-67(112)75-23-25-111-26-24-76-68(113)82-46-20-12-38(52(30-46)117(102,103)104)8-10-40-14-22-48(32-54(40)119(108,109)110)84-70(115)90-88-66(98)58(80-44-17-5-36(2)6-18-44)64(96)86-78-34-42-28-50(72)62(94)56(74)60(42)92/h3-22,27-34,57-58,79-80,91-94H,23-26H2,1-2H3,(H,85,95)(H,86,96)(H,87,97)(H,88,98)(H2,75,81,112)(H2,76,82,113)(H2,83,89,114)(H2,84,90,115)(H,99,100,101)(H,102,103,104)(H,105,106,107)(H,108,109,110)/p-4/b9-7+,10-8+,77-33+,78-34+. The second-order valence-corrected chi connectivity index (χ2v) is 34.6. The normalized spacial score (nSPS) is 12.3. The quantitative estimate of drug-likeness (QED) is 0.00398.